The van der Waals surface area contributed by atoms with Crippen molar-refractivity contribution < 1.29 is 17.9 Å². The first-order valence-electron chi connectivity index (χ1n) is 7.88. The fraction of sp³-hybridized carbons (Fsp3) is 0.562. The molecule has 23 heavy (non-hydrogen) atoms. The first-order valence-corrected chi connectivity index (χ1v) is 9.77. The molecule has 1 N–H and O–H groups in total. The molecule has 1 saturated heterocycles. The Hall–Kier alpha value is -1.60. The molecular formula is C16H24N2O4S. The number of nitrogens with one attached hydrogen (secondary N) is 1. The first kappa shape index (κ1) is 17.7. The average Bonchev–Trinajstić information content (AvgIpc) is 2.80. The standard InChI is InChI=1S/C16H24N2O4S/c1-23(20,21)15-7-5-14(6-8-15)22-13-2-4-16(19)18-11-3-9-17-10-12-18/h5-8,17H,2-4,9-13H2,1H3. The van der Waals surface area contributed by atoms with Gasteiger partial charge in [0, 0.05) is 32.3 Å². The highest BCUT2D eigenvalue weighted by atomic mass is 32.2. The Kier molecular flexibility index (Phi) is 6.41. The minimum atomic E-state index is -3.18. The van der Waals surface area contributed by atoms with Crippen molar-refractivity contribution in [2.24, 2.45) is 0 Å². The zero-order chi connectivity index (χ0) is 16.7. The third kappa shape index (κ3) is 5.84. The fourth-order valence-corrected chi connectivity index (χ4v) is 3.08. The van der Waals surface area contributed by atoms with Crippen LogP contribution in [0.3, 0.4) is 0 Å². The molecule has 128 valence electrons. The molecular weight excluding hydrogens is 316 g/mol. The number of carbonyl (C=O) groups is 1. The number of carbonyl (C=O) groups excluding carboxylic acids is 1. The van der Waals surface area contributed by atoms with Gasteiger partial charge in [-0.15, -0.1) is 0 Å². The first-order chi connectivity index (χ1) is 11.0. The lowest BCUT2D eigenvalue weighted by atomic mass is 10.2. The molecule has 1 aromatic carbocycles. The monoisotopic (exact) mass is 340 g/mol. The fourth-order valence-electron chi connectivity index (χ4n) is 2.45. The maximum atomic E-state index is 12.1. The van der Waals surface area contributed by atoms with Crippen molar-refractivity contribution >= 4 is 15.7 Å². The van der Waals surface area contributed by atoms with E-state index < -0.39 is 9.84 Å². The lowest BCUT2D eigenvalue weighted by Crippen LogP contribution is -2.34. The zero-order valence-electron chi connectivity index (χ0n) is 13.5. The van der Waals surface area contributed by atoms with Crippen LogP contribution in [0.15, 0.2) is 29.2 Å². The number of ether oxygens (including phenoxy) is 1. The predicted molar refractivity (Wildman–Crippen MR) is 88.3 cm³/mol. The highest BCUT2D eigenvalue weighted by Crippen LogP contribution is 2.16. The number of hydrogen-bond acceptors (Lipinski definition) is 5. The number of nitrogens with zero attached hydrogens (tertiary/aromatic N) is 1. The summed E-state index contributed by atoms with van der Waals surface area (Å²) in [6.07, 6.45) is 3.29. The van der Waals surface area contributed by atoms with Gasteiger partial charge in [-0.1, -0.05) is 0 Å². The molecule has 1 fully saturated rings. The van der Waals surface area contributed by atoms with Gasteiger partial charge in [0.2, 0.25) is 5.91 Å². The van der Waals surface area contributed by atoms with E-state index in [4.69, 9.17) is 4.74 Å². The van der Waals surface area contributed by atoms with Crippen molar-refractivity contribution in [2.75, 3.05) is 39.0 Å². The second kappa shape index (κ2) is 8.31. The summed E-state index contributed by atoms with van der Waals surface area (Å²) in [4.78, 5) is 14.3. The van der Waals surface area contributed by atoms with Gasteiger partial charge >= 0.3 is 0 Å². The number of amides is 1. The maximum absolute atomic E-state index is 12.1. The minimum Gasteiger partial charge on any atom is -0.494 e. The summed E-state index contributed by atoms with van der Waals surface area (Å²) in [5, 5.41) is 3.27. The SMILES string of the molecule is CS(=O)(=O)c1ccc(OCCCC(=O)N2CCCNCC2)cc1. The molecule has 6 nitrogen and oxygen atoms in total. The molecule has 1 amide bonds. The van der Waals surface area contributed by atoms with E-state index in [1.165, 1.54) is 18.4 Å². The number of benzene rings is 1. The van der Waals surface area contributed by atoms with E-state index in [-0.39, 0.29) is 10.8 Å². The Morgan fingerprint density at radius 2 is 1.96 bits per heavy atom. The highest BCUT2D eigenvalue weighted by Gasteiger charge is 2.14. The van der Waals surface area contributed by atoms with Crippen LogP contribution in [-0.2, 0) is 14.6 Å². The lowest BCUT2D eigenvalue weighted by Gasteiger charge is -2.19. The van der Waals surface area contributed by atoms with Crippen molar-refractivity contribution in [1.29, 1.82) is 0 Å². The van der Waals surface area contributed by atoms with Crippen LogP contribution in [0.5, 0.6) is 5.75 Å². The topological polar surface area (TPSA) is 75.7 Å². The van der Waals surface area contributed by atoms with Crippen molar-refractivity contribution in [2.45, 2.75) is 24.2 Å². The van der Waals surface area contributed by atoms with Crippen molar-refractivity contribution in [1.82, 2.24) is 10.2 Å². The molecule has 0 unspecified atom stereocenters. The molecule has 0 spiro atoms. The van der Waals surface area contributed by atoms with E-state index in [1.807, 2.05) is 4.90 Å². The molecule has 1 aromatic rings. The van der Waals surface area contributed by atoms with Crippen LogP contribution in [0.1, 0.15) is 19.3 Å². The van der Waals surface area contributed by atoms with E-state index in [0.717, 1.165) is 32.6 Å². The van der Waals surface area contributed by atoms with E-state index >= 15 is 0 Å². The van der Waals surface area contributed by atoms with Crippen molar-refractivity contribution in [3.05, 3.63) is 24.3 Å². The number of rotatable bonds is 6. The summed E-state index contributed by atoms with van der Waals surface area (Å²) >= 11 is 0. The maximum Gasteiger partial charge on any atom is 0.222 e. The van der Waals surface area contributed by atoms with Crippen molar-refractivity contribution in [3.63, 3.8) is 0 Å². The smallest absolute Gasteiger partial charge is 0.222 e. The lowest BCUT2D eigenvalue weighted by molar-refractivity contribution is -0.131. The minimum absolute atomic E-state index is 0.171. The second-order valence-electron chi connectivity index (χ2n) is 5.68. The Labute approximate surface area is 137 Å². The number of sulfone groups is 1. The number of hydrogen-bond donors (Lipinski definition) is 1. The molecule has 2 rings (SSSR count). The summed E-state index contributed by atoms with van der Waals surface area (Å²) in [6, 6.07) is 6.33. The summed E-state index contributed by atoms with van der Waals surface area (Å²) in [7, 11) is -3.18. The molecule has 0 aromatic heterocycles. The molecule has 1 aliphatic heterocycles. The Morgan fingerprint density at radius 3 is 2.65 bits per heavy atom. The van der Waals surface area contributed by atoms with E-state index in [1.54, 1.807) is 12.1 Å². The Morgan fingerprint density at radius 1 is 1.22 bits per heavy atom. The molecule has 0 aliphatic carbocycles. The largest absolute Gasteiger partial charge is 0.494 e. The Bertz CT molecular complexity index is 605. The van der Waals surface area contributed by atoms with Gasteiger partial charge in [-0.05, 0) is 43.7 Å². The predicted octanol–water partition coefficient (Wildman–Crippen LogP) is 1.07. The van der Waals surface area contributed by atoms with Gasteiger partial charge in [0.05, 0.1) is 11.5 Å². The van der Waals surface area contributed by atoms with Crippen LogP contribution < -0.4 is 10.1 Å². The van der Waals surface area contributed by atoms with Gasteiger partial charge in [0.15, 0.2) is 9.84 Å². The molecule has 0 saturated carbocycles. The third-order valence-electron chi connectivity index (χ3n) is 3.75. The molecule has 7 heteroatoms. The normalized spacial score (nSPS) is 16.0. The average molecular weight is 340 g/mol. The van der Waals surface area contributed by atoms with Gasteiger partial charge in [-0.25, -0.2) is 8.42 Å². The van der Waals surface area contributed by atoms with Crippen LogP contribution in [-0.4, -0.2) is 58.3 Å². The molecule has 0 radical (unpaired) electrons. The van der Waals surface area contributed by atoms with Gasteiger partial charge in [-0.3, -0.25) is 4.79 Å². The van der Waals surface area contributed by atoms with Crippen molar-refractivity contribution in [3.8, 4) is 5.75 Å². The van der Waals surface area contributed by atoms with Gasteiger partial charge in [0.1, 0.15) is 5.75 Å². The van der Waals surface area contributed by atoms with Gasteiger partial charge in [-0.2, -0.15) is 0 Å². The zero-order valence-corrected chi connectivity index (χ0v) is 14.3. The van der Waals surface area contributed by atoms with Crippen LogP contribution in [0.4, 0.5) is 0 Å². The van der Waals surface area contributed by atoms with Crippen LogP contribution in [0.2, 0.25) is 0 Å². The van der Waals surface area contributed by atoms with Gasteiger partial charge in [0.25, 0.3) is 0 Å². The third-order valence-corrected chi connectivity index (χ3v) is 4.88. The quantitative estimate of drug-likeness (QED) is 0.784. The second-order valence-corrected chi connectivity index (χ2v) is 7.70. The van der Waals surface area contributed by atoms with E-state index in [0.29, 0.717) is 25.2 Å². The van der Waals surface area contributed by atoms with E-state index in [2.05, 4.69) is 5.32 Å². The summed E-state index contributed by atoms with van der Waals surface area (Å²) in [6.45, 7) is 3.85. The summed E-state index contributed by atoms with van der Waals surface area (Å²) in [5.74, 6) is 0.786. The molecule has 1 aliphatic rings. The van der Waals surface area contributed by atoms with Crippen LogP contribution in [0.25, 0.3) is 0 Å². The summed E-state index contributed by atoms with van der Waals surface area (Å²) in [5.41, 5.74) is 0. The summed E-state index contributed by atoms with van der Waals surface area (Å²) < 4.78 is 28.3. The van der Waals surface area contributed by atoms with Crippen LogP contribution >= 0.6 is 0 Å². The van der Waals surface area contributed by atoms with Gasteiger partial charge < -0.3 is 15.0 Å². The molecule has 0 bridgehead atoms. The molecule has 0 atom stereocenters. The Balaban J connectivity index is 1.71. The van der Waals surface area contributed by atoms with E-state index in [9.17, 15) is 13.2 Å². The molecule has 1 heterocycles. The highest BCUT2D eigenvalue weighted by molar-refractivity contribution is 7.90. The van der Waals surface area contributed by atoms with Crippen LogP contribution in [0, 0.1) is 0 Å².